The van der Waals surface area contributed by atoms with Gasteiger partial charge in [0.05, 0.1) is 5.25 Å². The lowest BCUT2D eigenvalue weighted by Gasteiger charge is -2.48. The molecule has 98 valence electrons. The smallest absolute Gasteiger partial charge is 0.217 e. The highest BCUT2D eigenvalue weighted by Gasteiger charge is 2.54. The highest BCUT2D eigenvalue weighted by Crippen LogP contribution is 2.44. The van der Waals surface area contributed by atoms with Gasteiger partial charge in [-0.1, -0.05) is 19.3 Å². The second kappa shape index (κ2) is 3.93. The van der Waals surface area contributed by atoms with Crippen LogP contribution in [0.3, 0.4) is 0 Å². The van der Waals surface area contributed by atoms with E-state index in [1.807, 2.05) is 0 Å². The minimum atomic E-state index is -3.05. The van der Waals surface area contributed by atoms with Crippen LogP contribution in [0.1, 0.15) is 44.9 Å². The highest BCUT2D eigenvalue weighted by molar-refractivity contribution is 7.89. The summed E-state index contributed by atoms with van der Waals surface area (Å²) in [6, 6.07) is 0. The van der Waals surface area contributed by atoms with Crippen molar-refractivity contribution in [3.05, 3.63) is 0 Å². The van der Waals surface area contributed by atoms with E-state index in [1.165, 1.54) is 19.3 Å². The number of sulfonamides is 1. The Balaban J connectivity index is 1.64. The number of rotatable bonds is 3. The fourth-order valence-corrected chi connectivity index (χ4v) is 5.47. The van der Waals surface area contributed by atoms with E-state index in [2.05, 4.69) is 0 Å². The summed E-state index contributed by atoms with van der Waals surface area (Å²) >= 11 is 0. The van der Waals surface area contributed by atoms with Crippen LogP contribution in [-0.4, -0.2) is 36.6 Å². The lowest BCUT2D eigenvalue weighted by molar-refractivity contribution is 0.133. The SMILES string of the molecule is NC1(C2CC2)CN(S(=O)(=O)C2CCCCC2)C1. The minimum Gasteiger partial charge on any atom is -0.323 e. The van der Waals surface area contributed by atoms with E-state index < -0.39 is 10.0 Å². The van der Waals surface area contributed by atoms with Gasteiger partial charge in [0, 0.05) is 18.6 Å². The van der Waals surface area contributed by atoms with Gasteiger partial charge in [-0.2, -0.15) is 4.31 Å². The summed E-state index contributed by atoms with van der Waals surface area (Å²) < 4.78 is 26.4. The van der Waals surface area contributed by atoms with E-state index in [1.54, 1.807) is 4.31 Å². The second-order valence-electron chi connectivity index (χ2n) is 6.08. The molecule has 3 aliphatic rings. The Bertz CT molecular complexity index is 391. The van der Waals surface area contributed by atoms with E-state index in [9.17, 15) is 8.42 Å². The maximum absolute atomic E-state index is 12.4. The van der Waals surface area contributed by atoms with Gasteiger partial charge in [0.15, 0.2) is 0 Å². The molecule has 0 bridgehead atoms. The molecule has 0 aromatic heterocycles. The molecule has 17 heavy (non-hydrogen) atoms. The van der Waals surface area contributed by atoms with Gasteiger partial charge in [-0.3, -0.25) is 0 Å². The molecule has 0 amide bonds. The quantitative estimate of drug-likeness (QED) is 0.823. The summed E-state index contributed by atoms with van der Waals surface area (Å²) in [5.74, 6) is 0.584. The Labute approximate surface area is 104 Å². The van der Waals surface area contributed by atoms with Crippen LogP contribution in [-0.2, 0) is 10.0 Å². The Morgan fingerprint density at radius 3 is 2.12 bits per heavy atom. The topological polar surface area (TPSA) is 63.4 Å². The van der Waals surface area contributed by atoms with Crippen LogP contribution in [0, 0.1) is 5.92 Å². The van der Waals surface area contributed by atoms with Crippen molar-refractivity contribution in [3.8, 4) is 0 Å². The molecule has 2 N–H and O–H groups in total. The Morgan fingerprint density at radius 2 is 1.59 bits per heavy atom. The Hall–Kier alpha value is -0.130. The van der Waals surface area contributed by atoms with E-state index in [0.717, 1.165) is 25.7 Å². The Morgan fingerprint density at radius 1 is 1.00 bits per heavy atom. The normalized spacial score (nSPS) is 31.1. The summed E-state index contributed by atoms with van der Waals surface area (Å²) in [4.78, 5) is 0. The van der Waals surface area contributed by atoms with Crippen molar-refractivity contribution in [2.45, 2.75) is 55.7 Å². The minimum absolute atomic E-state index is 0.125. The summed E-state index contributed by atoms with van der Waals surface area (Å²) in [6.07, 6.45) is 7.39. The molecule has 2 aliphatic carbocycles. The van der Waals surface area contributed by atoms with Crippen LogP contribution in [0.4, 0.5) is 0 Å². The van der Waals surface area contributed by atoms with Crippen molar-refractivity contribution in [1.29, 1.82) is 0 Å². The number of hydrogen-bond donors (Lipinski definition) is 1. The third-order valence-corrected chi connectivity index (χ3v) is 6.96. The summed E-state index contributed by atoms with van der Waals surface area (Å²) in [5, 5.41) is -0.125. The molecule has 0 spiro atoms. The molecule has 3 fully saturated rings. The van der Waals surface area contributed by atoms with Crippen molar-refractivity contribution in [3.63, 3.8) is 0 Å². The molecule has 2 saturated carbocycles. The molecule has 1 saturated heterocycles. The summed E-state index contributed by atoms with van der Waals surface area (Å²) in [6.45, 7) is 1.13. The molecule has 4 nitrogen and oxygen atoms in total. The van der Waals surface area contributed by atoms with Gasteiger partial charge < -0.3 is 5.73 Å². The van der Waals surface area contributed by atoms with Gasteiger partial charge in [0.2, 0.25) is 10.0 Å². The maximum Gasteiger partial charge on any atom is 0.217 e. The second-order valence-corrected chi connectivity index (χ2v) is 8.29. The Kier molecular flexibility index (Phi) is 2.76. The first-order valence-corrected chi connectivity index (χ1v) is 8.30. The van der Waals surface area contributed by atoms with E-state index in [-0.39, 0.29) is 10.8 Å². The largest absolute Gasteiger partial charge is 0.323 e. The van der Waals surface area contributed by atoms with Gasteiger partial charge in [-0.25, -0.2) is 8.42 Å². The van der Waals surface area contributed by atoms with Crippen LogP contribution in [0.5, 0.6) is 0 Å². The summed E-state index contributed by atoms with van der Waals surface area (Å²) in [7, 11) is -3.05. The molecule has 0 aromatic rings. The molecule has 1 heterocycles. The van der Waals surface area contributed by atoms with Gasteiger partial charge >= 0.3 is 0 Å². The van der Waals surface area contributed by atoms with Gasteiger partial charge in [0.1, 0.15) is 0 Å². The monoisotopic (exact) mass is 258 g/mol. The van der Waals surface area contributed by atoms with Crippen LogP contribution in [0.15, 0.2) is 0 Å². The lowest BCUT2D eigenvalue weighted by Crippen LogP contribution is -2.70. The van der Waals surface area contributed by atoms with E-state index >= 15 is 0 Å². The maximum atomic E-state index is 12.4. The molecule has 5 heteroatoms. The molecular formula is C12H22N2O2S. The number of hydrogen-bond acceptors (Lipinski definition) is 3. The first kappa shape index (κ1) is 11.9. The predicted octanol–water partition coefficient (Wildman–Crippen LogP) is 1.07. The fourth-order valence-electron chi connectivity index (χ4n) is 3.28. The van der Waals surface area contributed by atoms with E-state index in [0.29, 0.717) is 19.0 Å². The molecule has 0 radical (unpaired) electrons. The van der Waals surface area contributed by atoms with E-state index in [4.69, 9.17) is 5.73 Å². The van der Waals surface area contributed by atoms with Crippen LogP contribution in [0.25, 0.3) is 0 Å². The highest BCUT2D eigenvalue weighted by atomic mass is 32.2. The van der Waals surface area contributed by atoms with Crippen LogP contribution < -0.4 is 5.73 Å². The van der Waals surface area contributed by atoms with Gasteiger partial charge in [-0.05, 0) is 31.6 Å². The fraction of sp³-hybridized carbons (Fsp3) is 1.00. The first-order chi connectivity index (χ1) is 8.02. The van der Waals surface area contributed by atoms with Crippen LogP contribution >= 0.6 is 0 Å². The van der Waals surface area contributed by atoms with Crippen molar-refractivity contribution in [2.24, 2.45) is 11.7 Å². The average Bonchev–Trinajstić information content (AvgIpc) is 3.10. The number of nitrogens with two attached hydrogens (primary N) is 1. The molecule has 3 rings (SSSR count). The lowest BCUT2D eigenvalue weighted by atomic mass is 9.88. The molecule has 1 aliphatic heterocycles. The zero-order valence-corrected chi connectivity index (χ0v) is 11.1. The predicted molar refractivity (Wildman–Crippen MR) is 67.0 cm³/mol. The third kappa shape index (κ3) is 2.02. The first-order valence-electron chi connectivity index (χ1n) is 6.80. The molecule has 0 atom stereocenters. The van der Waals surface area contributed by atoms with Gasteiger partial charge in [0.25, 0.3) is 0 Å². The zero-order valence-electron chi connectivity index (χ0n) is 10.3. The third-order valence-electron chi connectivity index (χ3n) is 4.67. The van der Waals surface area contributed by atoms with Gasteiger partial charge in [-0.15, -0.1) is 0 Å². The molecular weight excluding hydrogens is 236 g/mol. The molecule has 0 aromatic carbocycles. The standard InChI is InChI=1S/C12H22N2O2S/c13-12(10-6-7-10)8-14(9-12)17(15,16)11-4-2-1-3-5-11/h10-11H,1-9,13H2. The summed E-state index contributed by atoms with van der Waals surface area (Å²) in [5.41, 5.74) is 6.03. The zero-order chi connectivity index (χ0) is 12.1. The van der Waals surface area contributed by atoms with Crippen LogP contribution in [0.2, 0.25) is 0 Å². The van der Waals surface area contributed by atoms with Crippen molar-refractivity contribution in [2.75, 3.05) is 13.1 Å². The van der Waals surface area contributed by atoms with Crippen molar-refractivity contribution in [1.82, 2.24) is 4.31 Å². The van der Waals surface area contributed by atoms with Crippen molar-refractivity contribution >= 4 is 10.0 Å². The molecule has 0 unspecified atom stereocenters. The van der Waals surface area contributed by atoms with Crippen molar-refractivity contribution < 1.29 is 8.42 Å². The average molecular weight is 258 g/mol. The number of nitrogens with zero attached hydrogens (tertiary/aromatic N) is 1.